The highest BCUT2D eigenvalue weighted by Gasteiger charge is 2.26. The second kappa shape index (κ2) is 9.66. The molecule has 172 valence electrons. The maximum absolute atomic E-state index is 13.1. The van der Waals surface area contributed by atoms with E-state index in [0.29, 0.717) is 24.3 Å². The third kappa shape index (κ3) is 5.08. The van der Waals surface area contributed by atoms with Crippen LogP contribution in [0.1, 0.15) is 28.8 Å². The lowest BCUT2D eigenvalue weighted by Gasteiger charge is -2.23. The molecule has 0 radical (unpaired) electrons. The summed E-state index contributed by atoms with van der Waals surface area (Å²) in [5.41, 5.74) is 0.670. The zero-order chi connectivity index (χ0) is 23.5. The summed E-state index contributed by atoms with van der Waals surface area (Å²) in [5.74, 6) is -0.249. The zero-order valence-corrected chi connectivity index (χ0v) is 19.4. The van der Waals surface area contributed by atoms with Crippen molar-refractivity contribution in [3.63, 3.8) is 0 Å². The highest BCUT2D eigenvalue weighted by atomic mass is 35.5. The van der Waals surface area contributed by atoms with Crippen LogP contribution in [0.2, 0.25) is 5.02 Å². The van der Waals surface area contributed by atoms with Crippen LogP contribution in [0.4, 0.5) is 5.69 Å². The van der Waals surface area contributed by atoms with Crippen molar-refractivity contribution in [1.82, 2.24) is 10.6 Å². The minimum Gasteiger partial charge on any atom is -0.495 e. The molecule has 3 N–H and O–H groups in total. The monoisotopic (exact) mass is 481 g/mol. The van der Waals surface area contributed by atoms with Crippen LogP contribution in [-0.2, 0) is 14.8 Å². The van der Waals surface area contributed by atoms with Crippen molar-refractivity contribution in [1.29, 1.82) is 0 Å². The molecular weight excluding hydrogens is 458 g/mol. The van der Waals surface area contributed by atoms with Crippen molar-refractivity contribution in [2.45, 2.75) is 30.7 Å². The van der Waals surface area contributed by atoms with E-state index in [-0.39, 0.29) is 32.8 Å². The van der Waals surface area contributed by atoms with Gasteiger partial charge in [-0.3, -0.25) is 14.3 Å². The molecule has 2 aromatic rings. The molecule has 1 aliphatic heterocycles. The second-order valence-electron chi connectivity index (χ2n) is 7.23. The number of benzene rings is 2. The Hall–Kier alpha value is -2.98. The first-order valence-corrected chi connectivity index (χ1v) is 11.7. The summed E-state index contributed by atoms with van der Waals surface area (Å²) in [7, 11) is -1.28. The van der Waals surface area contributed by atoms with E-state index in [1.807, 2.05) is 0 Å². The number of halogens is 1. The van der Waals surface area contributed by atoms with Gasteiger partial charge in [0.15, 0.2) is 0 Å². The molecular formula is C21H24ClN3O6S. The van der Waals surface area contributed by atoms with Crippen LogP contribution in [0.3, 0.4) is 0 Å². The summed E-state index contributed by atoms with van der Waals surface area (Å²) in [4.78, 5) is 24.5. The Kier molecular flexibility index (Phi) is 7.15. The Balaban J connectivity index is 1.89. The average Bonchev–Trinajstić information content (AvgIpc) is 2.75. The zero-order valence-electron chi connectivity index (χ0n) is 17.8. The second-order valence-corrected chi connectivity index (χ2v) is 9.29. The van der Waals surface area contributed by atoms with E-state index in [9.17, 15) is 18.0 Å². The topological polar surface area (TPSA) is 123 Å². The Morgan fingerprint density at radius 1 is 1.16 bits per heavy atom. The first kappa shape index (κ1) is 23.7. The van der Waals surface area contributed by atoms with Gasteiger partial charge in [0.05, 0.1) is 29.8 Å². The molecule has 11 heteroatoms. The predicted octanol–water partition coefficient (Wildman–Crippen LogP) is 2.47. The summed E-state index contributed by atoms with van der Waals surface area (Å²) in [6.07, 6.45) is 1.27. The van der Waals surface area contributed by atoms with E-state index < -0.39 is 22.0 Å². The van der Waals surface area contributed by atoms with Gasteiger partial charge in [0.25, 0.3) is 15.9 Å². The smallest absolute Gasteiger partial charge is 0.262 e. The lowest BCUT2D eigenvalue weighted by molar-refractivity contribution is -0.124. The third-order valence-electron chi connectivity index (χ3n) is 5.05. The number of carbonyl (C=O) groups excluding carboxylic acids is 2. The number of piperidine rings is 1. The van der Waals surface area contributed by atoms with Gasteiger partial charge in [0.1, 0.15) is 17.5 Å². The average molecular weight is 482 g/mol. The fraction of sp³-hybridized carbons (Fsp3) is 0.333. The number of ether oxygens (including phenoxy) is 2. The van der Waals surface area contributed by atoms with Crippen LogP contribution in [-0.4, -0.2) is 47.0 Å². The van der Waals surface area contributed by atoms with E-state index in [1.54, 1.807) is 6.92 Å². The Morgan fingerprint density at radius 2 is 1.88 bits per heavy atom. The first-order chi connectivity index (χ1) is 15.2. The van der Waals surface area contributed by atoms with Crippen molar-refractivity contribution in [3.05, 3.63) is 46.5 Å². The van der Waals surface area contributed by atoms with Gasteiger partial charge in [0, 0.05) is 18.2 Å². The number of hydrogen-bond donors (Lipinski definition) is 3. The number of anilines is 1. The summed E-state index contributed by atoms with van der Waals surface area (Å²) in [5, 5.41) is 5.54. The van der Waals surface area contributed by atoms with Gasteiger partial charge < -0.3 is 20.1 Å². The van der Waals surface area contributed by atoms with E-state index in [1.165, 1.54) is 44.6 Å². The molecule has 1 atom stereocenters. The van der Waals surface area contributed by atoms with Crippen molar-refractivity contribution in [2.24, 2.45) is 0 Å². The fourth-order valence-corrected chi connectivity index (χ4v) is 4.90. The van der Waals surface area contributed by atoms with Gasteiger partial charge in [-0.05, 0) is 43.5 Å². The van der Waals surface area contributed by atoms with E-state index in [2.05, 4.69) is 15.4 Å². The van der Waals surface area contributed by atoms with Crippen molar-refractivity contribution in [3.8, 4) is 11.5 Å². The summed E-state index contributed by atoms with van der Waals surface area (Å²) in [6, 6.07) is 6.50. The fourth-order valence-electron chi connectivity index (χ4n) is 3.32. The summed E-state index contributed by atoms with van der Waals surface area (Å²) in [6.45, 7) is 2.19. The molecule has 9 nitrogen and oxygen atoms in total. The third-order valence-corrected chi connectivity index (χ3v) is 6.85. The molecule has 1 unspecified atom stereocenters. The molecule has 0 aromatic heterocycles. The molecule has 2 amide bonds. The maximum Gasteiger partial charge on any atom is 0.262 e. The number of aryl methyl sites for hydroxylation is 1. The first-order valence-electron chi connectivity index (χ1n) is 9.80. The molecule has 1 fully saturated rings. The number of nitrogens with one attached hydrogen (secondary N) is 3. The van der Waals surface area contributed by atoms with Crippen molar-refractivity contribution in [2.75, 3.05) is 25.5 Å². The SMILES string of the molecule is COc1cc(OC)c(NS(=O)(=O)c2cc(C(=O)NC3CCCNC3=O)ccc2C)cc1Cl. The van der Waals surface area contributed by atoms with Gasteiger partial charge >= 0.3 is 0 Å². The highest BCUT2D eigenvalue weighted by molar-refractivity contribution is 7.92. The van der Waals surface area contributed by atoms with Gasteiger partial charge in [-0.25, -0.2) is 8.42 Å². The predicted molar refractivity (Wildman–Crippen MR) is 120 cm³/mol. The number of sulfonamides is 1. The highest BCUT2D eigenvalue weighted by Crippen LogP contribution is 2.37. The van der Waals surface area contributed by atoms with Crippen LogP contribution in [0.25, 0.3) is 0 Å². The van der Waals surface area contributed by atoms with Gasteiger partial charge in [-0.2, -0.15) is 0 Å². The molecule has 3 rings (SSSR count). The normalized spacial score (nSPS) is 16.1. The van der Waals surface area contributed by atoms with Crippen LogP contribution < -0.4 is 24.8 Å². The lowest BCUT2D eigenvalue weighted by Crippen LogP contribution is -2.50. The molecule has 32 heavy (non-hydrogen) atoms. The van der Waals surface area contributed by atoms with E-state index in [4.69, 9.17) is 21.1 Å². The number of carbonyl (C=O) groups is 2. The Labute approximate surface area is 191 Å². The van der Waals surface area contributed by atoms with E-state index in [0.717, 1.165) is 6.42 Å². The van der Waals surface area contributed by atoms with Crippen molar-refractivity contribution < 1.29 is 27.5 Å². The number of hydrogen-bond acceptors (Lipinski definition) is 6. The minimum atomic E-state index is -4.10. The van der Waals surface area contributed by atoms with Crippen LogP contribution in [0.5, 0.6) is 11.5 Å². The van der Waals surface area contributed by atoms with Crippen LogP contribution in [0.15, 0.2) is 35.2 Å². The summed E-state index contributed by atoms with van der Waals surface area (Å²) < 4.78 is 39.1. The molecule has 1 aliphatic rings. The number of rotatable bonds is 7. The minimum absolute atomic E-state index is 0.0905. The largest absolute Gasteiger partial charge is 0.495 e. The number of amides is 2. The quantitative estimate of drug-likeness (QED) is 0.558. The van der Waals surface area contributed by atoms with Crippen molar-refractivity contribution >= 4 is 39.1 Å². The lowest BCUT2D eigenvalue weighted by atomic mass is 10.1. The molecule has 1 saturated heterocycles. The van der Waals surface area contributed by atoms with E-state index >= 15 is 0 Å². The Bertz CT molecular complexity index is 1150. The van der Waals surface area contributed by atoms with Crippen LogP contribution in [0, 0.1) is 6.92 Å². The Morgan fingerprint density at radius 3 is 2.53 bits per heavy atom. The van der Waals surface area contributed by atoms with Gasteiger partial charge in [-0.15, -0.1) is 0 Å². The van der Waals surface area contributed by atoms with Gasteiger partial charge in [-0.1, -0.05) is 17.7 Å². The summed E-state index contributed by atoms with van der Waals surface area (Å²) >= 11 is 6.13. The molecule has 0 spiro atoms. The molecule has 0 aliphatic carbocycles. The van der Waals surface area contributed by atoms with Crippen LogP contribution >= 0.6 is 11.6 Å². The molecule has 0 saturated carbocycles. The molecule has 1 heterocycles. The van der Waals surface area contributed by atoms with Gasteiger partial charge in [0.2, 0.25) is 5.91 Å². The molecule has 0 bridgehead atoms. The standard InChI is InChI=1S/C21H24ClN3O6S/c1-12-6-7-13(20(26)24-15-5-4-8-23-21(15)27)9-19(12)32(28,29)25-16-10-14(22)17(30-2)11-18(16)31-3/h6-7,9-11,15,25H,4-5,8H2,1-3H3,(H,23,27)(H,24,26). The number of methoxy groups -OCH3 is 2. The maximum atomic E-state index is 13.1. The molecule has 2 aromatic carbocycles.